The van der Waals surface area contributed by atoms with Crippen molar-refractivity contribution < 1.29 is 21.6 Å². The maximum absolute atomic E-state index is 12.5. The summed E-state index contributed by atoms with van der Waals surface area (Å²) < 4.78 is 50.5. The first kappa shape index (κ1) is 21.1. The van der Waals surface area contributed by atoms with Crippen LogP contribution in [0, 0.1) is 0 Å². The van der Waals surface area contributed by atoms with E-state index in [1.54, 1.807) is 0 Å². The summed E-state index contributed by atoms with van der Waals surface area (Å²) in [6.07, 6.45) is 0.220. The summed E-state index contributed by atoms with van der Waals surface area (Å²) in [5.74, 6) is -0.828. The predicted molar refractivity (Wildman–Crippen MR) is 108 cm³/mol. The van der Waals surface area contributed by atoms with Crippen LogP contribution in [0.2, 0.25) is 10.0 Å². The van der Waals surface area contributed by atoms with Crippen molar-refractivity contribution in [1.29, 1.82) is 0 Å². The van der Waals surface area contributed by atoms with E-state index in [0.29, 0.717) is 15.7 Å². The lowest BCUT2D eigenvalue weighted by atomic mass is 10.2. The number of halogens is 2. The Morgan fingerprint density at radius 2 is 1.75 bits per heavy atom. The molecule has 2 aromatic carbocycles. The molecule has 0 saturated carbocycles. The van der Waals surface area contributed by atoms with Gasteiger partial charge in [0.2, 0.25) is 10.0 Å². The highest BCUT2D eigenvalue weighted by atomic mass is 35.5. The molecule has 0 aliphatic carbocycles. The molecule has 1 fully saturated rings. The van der Waals surface area contributed by atoms with E-state index in [4.69, 9.17) is 23.2 Å². The van der Waals surface area contributed by atoms with E-state index in [2.05, 4.69) is 10.0 Å². The molecule has 0 bridgehead atoms. The average Bonchev–Trinajstić information content (AvgIpc) is 2.92. The molecule has 1 saturated heterocycles. The van der Waals surface area contributed by atoms with Crippen LogP contribution in [0.3, 0.4) is 0 Å². The van der Waals surface area contributed by atoms with Crippen LogP contribution in [0.5, 0.6) is 0 Å². The maximum Gasteiger partial charge on any atom is 0.255 e. The molecule has 1 heterocycles. The summed E-state index contributed by atoms with van der Waals surface area (Å²) in [5, 5.41) is 3.28. The molecule has 150 valence electrons. The molecule has 0 spiro atoms. The van der Waals surface area contributed by atoms with Gasteiger partial charge in [-0.2, -0.15) is 0 Å². The minimum absolute atomic E-state index is 0.0508. The summed E-state index contributed by atoms with van der Waals surface area (Å²) in [5.41, 5.74) is 0.475. The van der Waals surface area contributed by atoms with Crippen LogP contribution in [0.4, 0.5) is 5.69 Å². The molecule has 28 heavy (non-hydrogen) atoms. The number of hydrogen-bond acceptors (Lipinski definition) is 5. The summed E-state index contributed by atoms with van der Waals surface area (Å²) in [6, 6.07) is 9.29. The highest BCUT2D eigenvalue weighted by molar-refractivity contribution is 7.92. The van der Waals surface area contributed by atoms with Crippen molar-refractivity contribution in [2.75, 3.05) is 16.8 Å². The van der Waals surface area contributed by atoms with Crippen molar-refractivity contribution in [2.45, 2.75) is 17.4 Å². The Hall–Kier alpha value is -1.65. The first-order valence-corrected chi connectivity index (χ1v) is 12.2. The van der Waals surface area contributed by atoms with E-state index >= 15 is 0 Å². The van der Waals surface area contributed by atoms with Crippen molar-refractivity contribution >= 4 is 54.7 Å². The Bertz CT molecular complexity index is 1110. The van der Waals surface area contributed by atoms with Gasteiger partial charge < -0.3 is 5.32 Å². The van der Waals surface area contributed by atoms with Crippen LogP contribution < -0.4 is 10.0 Å². The number of carbonyl (C=O) groups is 1. The van der Waals surface area contributed by atoms with Gasteiger partial charge in [0, 0.05) is 27.3 Å². The number of sulfone groups is 1. The highest BCUT2D eigenvalue weighted by Crippen LogP contribution is 2.23. The van der Waals surface area contributed by atoms with Crippen LogP contribution in [0.25, 0.3) is 0 Å². The van der Waals surface area contributed by atoms with Crippen LogP contribution in [0.15, 0.2) is 47.4 Å². The van der Waals surface area contributed by atoms with Gasteiger partial charge in [-0.3, -0.25) is 4.79 Å². The van der Waals surface area contributed by atoms with E-state index < -0.39 is 31.8 Å². The Morgan fingerprint density at radius 3 is 2.36 bits per heavy atom. The highest BCUT2D eigenvalue weighted by Gasteiger charge is 2.31. The Kier molecular flexibility index (Phi) is 6.02. The Balaban J connectivity index is 1.78. The number of nitrogens with one attached hydrogen (secondary N) is 2. The predicted octanol–water partition coefficient (Wildman–Crippen LogP) is 2.71. The van der Waals surface area contributed by atoms with E-state index in [0.717, 1.165) is 0 Å². The SMILES string of the molecule is O=C(Nc1cc(Cl)cc(Cl)c1)c1cccc(S(=O)(=O)NC2CCS(=O)(=O)C2)c1. The summed E-state index contributed by atoms with van der Waals surface area (Å²) in [4.78, 5) is 12.3. The van der Waals surface area contributed by atoms with Crippen LogP contribution in [0.1, 0.15) is 16.8 Å². The van der Waals surface area contributed by atoms with Gasteiger partial charge in [0.25, 0.3) is 5.91 Å². The summed E-state index contributed by atoms with van der Waals surface area (Å²) in [7, 11) is -7.20. The molecular weight excluding hydrogens is 447 g/mol. The van der Waals surface area contributed by atoms with Crippen molar-refractivity contribution in [2.24, 2.45) is 0 Å². The zero-order valence-electron chi connectivity index (χ0n) is 14.4. The lowest BCUT2D eigenvalue weighted by Gasteiger charge is -2.12. The molecule has 1 atom stereocenters. The van der Waals surface area contributed by atoms with E-state index in [1.165, 1.54) is 42.5 Å². The number of carbonyl (C=O) groups excluding carboxylic acids is 1. The zero-order chi connectivity index (χ0) is 20.5. The lowest BCUT2D eigenvalue weighted by molar-refractivity contribution is 0.102. The zero-order valence-corrected chi connectivity index (χ0v) is 17.5. The molecule has 1 aliphatic heterocycles. The fourth-order valence-electron chi connectivity index (χ4n) is 2.81. The molecule has 1 unspecified atom stereocenters. The number of hydrogen-bond donors (Lipinski definition) is 2. The minimum Gasteiger partial charge on any atom is -0.322 e. The minimum atomic E-state index is -3.97. The topological polar surface area (TPSA) is 109 Å². The van der Waals surface area contributed by atoms with Crippen LogP contribution in [-0.2, 0) is 19.9 Å². The van der Waals surface area contributed by atoms with Gasteiger partial charge in [-0.15, -0.1) is 0 Å². The third kappa shape index (κ3) is 5.24. The molecule has 0 aromatic heterocycles. The van der Waals surface area contributed by atoms with Gasteiger partial charge in [-0.05, 0) is 42.8 Å². The standard InChI is InChI=1S/C17H16Cl2N2O5S2/c18-12-7-13(19)9-15(8-12)20-17(22)11-2-1-3-16(6-11)28(25,26)21-14-4-5-27(23,24)10-14/h1-3,6-9,14,21H,4-5,10H2,(H,20,22). The molecule has 1 amide bonds. The van der Waals surface area contributed by atoms with E-state index in [1.807, 2.05) is 0 Å². The second-order valence-corrected chi connectivity index (χ2v) is 11.2. The van der Waals surface area contributed by atoms with Crippen molar-refractivity contribution in [3.05, 3.63) is 58.1 Å². The Morgan fingerprint density at radius 1 is 1.07 bits per heavy atom. The quantitative estimate of drug-likeness (QED) is 0.709. The van der Waals surface area contributed by atoms with Crippen LogP contribution >= 0.6 is 23.2 Å². The number of amides is 1. The summed E-state index contributed by atoms with van der Waals surface area (Å²) >= 11 is 11.8. The third-order valence-corrected chi connectivity index (χ3v) is 7.80. The molecule has 2 N–H and O–H groups in total. The number of rotatable bonds is 5. The molecule has 7 nitrogen and oxygen atoms in total. The monoisotopic (exact) mass is 462 g/mol. The molecular formula is C17H16Cl2N2O5S2. The third-order valence-electron chi connectivity index (χ3n) is 4.08. The first-order valence-electron chi connectivity index (χ1n) is 8.14. The van der Waals surface area contributed by atoms with Gasteiger partial charge in [-0.25, -0.2) is 21.6 Å². The second-order valence-electron chi connectivity index (χ2n) is 6.36. The Labute approximate surface area is 173 Å². The second kappa shape index (κ2) is 8.00. The average molecular weight is 463 g/mol. The maximum atomic E-state index is 12.5. The van der Waals surface area contributed by atoms with Gasteiger partial charge in [0.1, 0.15) is 0 Å². The van der Waals surface area contributed by atoms with Crippen molar-refractivity contribution in [3.8, 4) is 0 Å². The molecule has 1 aliphatic rings. The van der Waals surface area contributed by atoms with Gasteiger partial charge in [-0.1, -0.05) is 29.3 Å². The first-order chi connectivity index (χ1) is 13.0. The van der Waals surface area contributed by atoms with Crippen molar-refractivity contribution in [1.82, 2.24) is 4.72 Å². The normalized spacial score (nSPS) is 18.7. The number of anilines is 1. The number of benzene rings is 2. The molecule has 2 aromatic rings. The van der Waals surface area contributed by atoms with E-state index in [9.17, 15) is 21.6 Å². The molecule has 11 heteroatoms. The fraction of sp³-hybridized carbons (Fsp3) is 0.235. The van der Waals surface area contributed by atoms with Gasteiger partial charge in [0.05, 0.1) is 16.4 Å². The largest absolute Gasteiger partial charge is 0.322 e. The van der Waals surface area contributed by atoms with Gasteiger partial charge in [0.15, 0.2) is 9.84 Å². The number of sulfonamides is 1. The summed E-state index contributed by atoms with van der Waals surface area (Å²) in [6.45, 7) is 0. The smallest absolute Gasteiger partial charge is 0.255 e. The van der Waals surface area contributed by atoms with Gasteiger partial charge >= 0.3 is 0 Å². The van der Waals surface area contributed by atoms with E-state index in [-0.39, 0.29) is 28.4 Å². The lowest BCUT2D eigenvalue weighted by Crippen LogP contribution is -2.35. The molecule has 0 radical (unpaired) electrons. The molecule has 3 rings (SSSR count). The van der Waals surface area contributed by atoms with Crippen LogP contribution in [-0.4, -0.2) is 40.3 Å². The fourth-order valence-corrected chi connectivity index (χ4v) is 6.43. The van der Waals surface area contributed by atoms with Crippen molar-refractivity contribution in [3.63, 3.8) is 0 Å².